The summed E-state index contributed by atoms with van der Waals surface area (Å²) in [6, 6.07) is 1.97. The van der Waals surface area contributed by atoms with Crippen LogP contribution in [0.3, 0.4) is 0 Å². The van der Waals surface area contributed by atoms with Gasteiger partial charge in [-0.25, -0.2) is 9.97 Å². The van der Waals surface area contributed by atoms with Gasteiger partial charge in [0, 0.05) is 0 Å². The van der Waals surface area contributed by atoms with E-state index in [-0.39, 0.29) is 5.54 Å². The Morgan fingerprint density at radius 1 is 1.35 bits per heavy atom. The zero-order valence-corrected chi connectivity index (χ0v) is 10.4. The van der Waals surface area contributed by atoms with Gasteiger partial charge < -0.3 is 10.5 Å². The molecule has 1 saturated carbocycles. The molecule has 0 aliphatic heterocycles. The predicted octanol–water partition coefficient (Wildman–Crippen LogP) is 2.34. The SMILES string of the molecule is NC1(COc2ncnc3ccsc23)CCCC1. The van der Waals surface area contributed by atoms with E-state index in [0.717, 1.165) is 23.1 Å². The molecule has 3 rings (SSSR count). The third kappa shape index (κ3) is 2.12. The quantitative estimate of drug-likeness (QED) is 0.907. The van der Waals surface area contributed by atoms with E-state index in [4.69, 9.17) is 10.5 Å². The smallest absolute Gasteiger partial charge is 0.234 e. The number of hydrogen-bond donors (Lipinski definition) is 1. The maximum absolute atomic E-state index is 6.26. The maximum atomic E-state index is 6.26. The number of fused-ring (bicyclic) bond motifs is 1. The second-order valence-electron chi connectivity index (χ2n) is 4.67. The first kappa shape index (κ1) is 10.9. The van der Waals surface area contributed by atoms with Gasteiger partial charge in [0.05, 0.1) is 11.1 Å². The van der Waals surface area contributed by atoms with E-state index in [1.165, 1.54) is 12.8 Å². The minimum Gasteiger partial charge on any atom is -0.475 e. The molecule has 5 heteroatoms. The molecule has 0 amide bonds. The molecule has 1 fully saturated rings. The summed E-state index contributed by atoms with van der Waals surface area (Å²) in [6.07, 6.45) is 6.05. The summed E-state index contributed by atoms with van der Waals surface area (Å²) in [5.74, 6) is 0.668. The van der Waals surface area contributed by atoms with Gasteiger partial charge in [-0.05, 0) is 24.3 Å². The minimum atomic E-state index is -0.158. The summed E-state index contributed by atoms with van der Waals surface area (Å²) >= 11 is 1.60. The third-order valence-corrected chi connectivity index (χ3v) is 4.20. The van der Waals surface area contributed by atoms with Crippen LogP contribution in [0.25, 0.3) is 10.2 Å². The van der Waals surface area contributed by atoms with Crippen LogP contribution in [0, 0.1) is 0 Å². The second kappa shape index (κ2) is 4.23. The lowest BCUT2D eigenvalue weighted by atomic mass is 10.0. The number of hydrogen-bond acceptors (Lipinski definition) is 5. The van der Waals surface area contributed by atoms with Crippen LogP contribution < -0.4 is 10.5 Å². The lowest BCUT2D eigenvalue weighted by Gasteiger charge is -2.23. The molecule has 0 unspecified atom stereocenters. The molecule has 0 bridgehead atoms. The summed E-state index contributed by atoms with van der Waals surface area (Å²) in [7, 11) is 0. The summed E-state index contributed by atoms with van der Waals surface area (Å²) in [4.78, 5) is 8.38. The Kier molecular flexibility index (Phi) is 2.72. The van der Waals surface area contributed by atoms with Gasteiger partial charge in [0.25, 0.3) is 0 Å². The minimum absolute atomic E-state index is 0.158. The number of nitrogens with zero attached hydrogens (tertiary/aromatic N) is 2. The molecule has 0 atom stereocenters. The van der Waals surface area contributed by atoms with Gasteiger partial charge in [-0.1, -0.05) is 12.8 Å². The molecule has 2 N–H and O–H groups in total. The van der Waals surface area contributed by atoms with E-state index < -0.39 is 0 Å². The van der Waals surface area contributed by atoms with Crippen molar-refractivity contribution in [1.82, 2.24) is 9.97 Å². The zero-order valence-electron chi connectivity index (χ0n) is 9.56. The van der Waals surface area contributed by atoms with Crippen LogP contribution in [0.2, 0.25) is 0 Å². The Hall–Kier alpha value is -1.20. The summed E-state index contributed by atoms with van der Waals surface area (Å²) in [5.41, 5.74) is 7.05. The van der Waals surface area contributed by atoms with Crippen LogP contribution in [0.5, 0.6) is 5.88 Å². The molecule has 2 aromatic rings. The Balaban J connectivity index is 1.78. The topological polar surface area (TPSA) is 61.0 Å². The average molecular weight is 249 g/mol. The van der Waals surface area contributed by atoms with Crippen LogP contribution in [-0.2, 0) is 0 Å². The van der Waals surface area contributed by atoms with Crippen LogP contribution in [0.4, 0.5) is 0 Å². The maximum Gasteiger partial charge on any atom is 0.234 e. The number of ether oxygens (including phenoxy) is 1. The van der Waals surface area contributed by atoms with Crippen molar-refractivity contribution in [1.29, 1.82) is 0 Å². The number of rotatable bonds is 3. The monoisotopic (exact) mass is 249 g/mol. The van der Waals surface area contributed by atoms with E-state index >= 15 is 0 Å². The standard InChI is InChI=1S/C12H15N3OS/c13-12(4-1-2-5-12)7-16-11-10-9(3-6-17-10)14-8-15-11/h3,6,8H,1-2,4-5,7,13H2. The summed E-state index contributed by atoms with van der Waals surface area (Å²) < 4.78 is 6.81. The van der Waals surface area contributed by atoms with E-state index in [2.05, 4.69) is 9.97 Å². The normalized spacial score (nSPS) is 18.6. The molecule has 90 valence electrons. The molecular formula is C12H15N3OS. The molecule has 1 aliphatic carbocycles. The Morgan fingerprint density at radius 3 is 3.00 bits per heavy atom. The highest BCUT2D eigenvalue weighted by molar-refractivity contribution is 7.17. The molecule has 2 heterocycles. The lowest BCUT2D eigenvalue weighted by Crippen LogP contribution is -2.42. The van der Waals surface area contributed by atoms with E-state index in [0.29, 0.717) is 12.5 Å². The fraction of sp³-hybridized carbons (Fsp3) is 0.500. The van der Waals surface area contributed by atoms with Crippen molar-refractivity contribution in [3.8, 4) is 5.88 Å². The van der Waals surface area contributed by atoms with Crippen molar-refractivity contribution in [2.45, 2.75) is 31.2 Å². The molecule has 17 heavy (non-hydrogen) atoms. The first-order chi connectivity index (χ1) is 8.27. The molecule has 1 aliphatic rings. The van der Waals surface area contributed by atoms with Crippen molar-refractivity contribution in [2.24, 2.45) is 5.73 Å². The molecular weight excluding hydrogens is 234 g/mol. The number of nitrogens with two attached hydrogens (primary N) is 1. The molecule has 0 spiro atoms. The first-order valence-electron chi connectivity index (χ1n) is 5.87. The lowest BCUT2D eigenvalue weighted by molar-refractivity contribution is 0.216. The zero-order chi connectivity index (χ0) is 11.7. The van der Waals surface area contributed by atoms with Gasteiger partial charge in [-0.2, -0.15) is 0 Å². The Morgan fingerprint density at radius 2 is 2.18 bits per heavy atom. The van der Waals surface area contributed by atoms with Crippen molar-refractivity contribution in [3.63, 3.8) is 0 Å². The first-order valence-corrected chi connectivity index (χ1v) is 6.75. The van der Waals surface area contributed by atoms with Crippen LogP contribution in [0.15, 0.2) is 17.8 Å². The van der Waals surface area contributed by atoms with E-state index in [1.807, 2.05) is 11.4 Å². The highest BCUT2D eigenvalue weighted by atomic mass is 32.1. The number of aromatic nitrogens is 2. The summed E-state index contributed by atoms with van der Waals surface area (Å²) in [5, 5.41) is 2.00. The molecule has 0 radical (unpaired) electrons. The van der Waals surface area contributed by atoms with Crippen LogP contribution >= 0.6 is 11.3 Å². The third-order valence-electron chi connectivity index (χ3n) is 3.31. The van der Waals surface area contributed by atoms with Gasteiger partial charge in [-0.15, -0.1) is 11.3 Å². The van der Waals surface area contributed by atoms with Crippen LogP contribution in [-0.4, -0.2) is 22.1 Å². The van der Waals surface area contributed by atoms with Gasteiger partial charge >= 0.3 is 0 Å². The van der Waals surface area contributed by atoms with Gasteiger partial charge in [0.15, 0.2) is 0 Å². The van der Waals surface area contributed by atoms with Crippen molar-refractivity contribution >= 4 is 21.6 Å². The van der Waals surface area contributed by atoms with Gasteiger partial charge in [0.2, 0.25) is 5.88 Å². The molecule has 0 saturated heterocycles. The fourth-order valence-electron chi connectivity index (χ4n) is 2.30. The second-order valence-corrected chi connectivity index (χ2v) is 5.59. The van der Waals surface area contributed by atoms with E-state index in [1.54, 1.807) is 17.7 Å². The highest BCUT2D eigenvalue weighted by Gasteiger charge is 2.30. The highest BCUT2D eigenvalue weighted by Crippen LogP contribution is 2.30. The van der Waals surface area contributed by atoms with E-state index in [9.17, 15) is 0 Å². The molecule has 0 aromatic carbocycles. The summed E-state index contributed by atoms with van der Waals surface area (Å²) in [6.45, 7) is 0.553. The van der Waals surface area contributed by atoms with Gasteiger partial charge in [0.1, 0.15) is 17.6 Å². The van der Waals surface area contributed by atoms with Crippen molar-refractivity contribution < 1.29 is 4.74 Å². The van der Waals surface area contributed by atoms with Crippen molar-refractivity contribution in [3.05, 3.63) is 17.8 Å². The molecule has 2 aromatic heterocycles. The largest absolute Gasteiger partial charge is 0.475 e. The Bertz CT molecular complexity index is 519. The molecule has 4 nitrogen and oxygen atoms in total. The number of thiophene rings is 1. The average Bonchev–Trinajstić information content (AvgIpc) is 2.95. The Labute approximate surface area is 104 Å². The fourth-order valence-corrected chi connectivity index (χ4v) is 3.09. The van der Waals surface area contributed by atoms with Crippen molar-refractivity contribution in [2.75, 3.05) is 6.61 Å². The van der Waals surface area contributed by atoms with Crippen LogP contribution in [0.1, 0.15) is 25.7 Å². The van der Waals surface area contributed by atoms with Gasteiger partial charge in [-0.3, -0.25) is 0 Å². The predicted molar refractivity (Wildman–Crippen MR) is 68.3 cm³/mol.